The second-order valence-corrected chi connectivity index (χ2v) is 3.18. The summed E-state index contributed by atoms with van der Waals surface area (Å²) in [6, 6.07) is 8.64. The van der Waals surface area contributed by atoms with Crippen LogP contribution in [0, 0.1) is 0 Å². The van der Waals surface area contributed by atoms with E-state index in [1.807, 2.05) is 0 Å². The van der Waals surface area contributed by atoms with E-state index >= 15 is 0 Å². The molecule has 4 N–H and O–H groups in total. The maximum absolute atomic E-state index is 11.7. The van der Waals surface area contributed by atoms with Gasteiger partial charge < -0.3 is 16.0 Å². The van der Waals surface area contributed by atoms with Crippen LogP contribution in [0.4, 0.5) is 11.4 Å². The molecule has 4 heteroatoms. The van der Waals surface area contributed by atoms with Crippen LogP contribution in [0.5, 0.6) is 0 Å². The highest BCUT2D eigenvalue weighted by Crippen LogP contribution is 2.10. The molecule has 1 amide bonds. The zero-order chi connectivity index (χ0) is 10.7. The molecule has 1 aromatic carbocycles. The van der Waals surface area contributed by atoms with Crippen molar-refractivity contribution in [1.82, 2.24) is 4.98 Å². The van der Waals surface area contributed by atoms with E-state index in [9.17, 15) is 4.79 Å². The molecule has 2 rings (SSSR count). The number of nitrogens with two attached hydrogens (primary N) is 1. The van der Waals surface area contributed by atoms with Crippen LogP contribution in [-0.4, -0.2) is 10.9 Å². The molecule has 0 spiro atoms. The van der Waals surface area contributed by atoms with Gasteiger partial charge in [0.05, 0.1) is 5.69 Å². The number of nitrogen functional groups attached to an aromatic ring is 1. The third kappa shape index (κ3) is 2.17. The summed E-state index contributed by atoms with van der Waals surface area (Å²) in [5.74, 6) is -0.165. The molecule has 0 radical (unpaired) electrons. The fraction of sp³-hybridized carbons (Fsp3) is 0. The van der Waals surface area contributed by atoms with Crippen molar-refractivity contribution in [2.75, 3.05) is 11.1 Å². The van der Waals surface area contributed by atoms with Crippen molar-refractivity contribution in [2.45, 2.75) is 0 Å². The molecular formula is C11H11N3O. The Morgan fingerprint density at radius 2 is 2.20 bits per heavy atom. The number of carbonyl (C=O) groups is 1. The summed E-state index contributed by atoms with van der Waals surface area (Å²) in [5, 5.41) is 2.74. The predicted octanol–water partition coefficient (Wildman–Crippen LogP) is 1.85. The summed E-state index contributed by atoms with van der Waals surface area (Å²) < 4.78 is 0. The largest absolute Gasteiger partial charge is 0.399 e. The van der Waals surface area contributed by atoms with Gasteiger partial charge in [0.25, 0.3) is 5.91 Å². The number of nitrogens with one attached hydrogen (secondary N) is 2. The molecule has 1 heterocycles. The van der Waals surface area contributed by atoms with Gasteiger partial charge in [-0.2, -0.15) is 0 Å². The van der Waals surface area contributed by atoms with Crippen LogP contribution in [-0.2, 0) is 0 Å². The van der Waals surface area contributed by atoms with Crippen molar-refractivity contribution in [1.29, 1.82) is 0 Å². The normalized spacial score (nSPS) is 9.87. The van der Waals surface area contributed by atoms with Gasteiger partial charge in [-0.25, -0.2) is 0 Å². The van der Waals surface area contributed by atoms with Gasteiger partial charge in [-0.05, 0) is 24.3 Å². The topological polar surface area (TPSA) is 70.9 Å². The average molecular weight is 201 g/mol. The lowest BCUT2D eigenvalue weighted by atomic mass is 10.2. The minimum absolute atomic E-state index is 0.165. The molecule has 4 nitrogen and oxygen atoms in total. The van der Waals surface area contributed by atoms with Gasteiger partial charge in [-0.3, -0.25) is 4.79 Å². The first-order valence-corrected chi connectivity index (χ1v) is 4.55. The highest BCUT2D eigenvalue weighted by molar-refractivity contribution is 6.04. The van der Waals surface area contributed by atoms with E-state index in [1.165, 1.54) is 0 Å². The summed E-state index contributed by atoms with van der Waals surface area (Å²) in [6.45, 7) is 0. The van der Waals surface area contributed by atoms with E-state index in [0.717, 1.165) is 5.69 Å². The Bertz CT molecular complexity index is 462. The predicted molar refractivity (Wildman–Crippen MR) is 59.6 cm³/mol. The summed E-state index contributed by atoms with van der Waals surface area (Å²) in [7, 11) is 0. The van der Waals surface area contributed by atoms with Crippen molar-refractivity contribution < 1.29 is 4.79 Å². The van der Waals surface area contributed by atoms with Crippen LogP contribution >= 0.6 is 0 Å². The van der Waals surface area contributed by atoms with E-state index < -0.39 is 0 Å². The second kappa shape index (κ2) is 3.88. The van der Waals surface area contributed by atoms with E-state index in [4.69, 9.17) is 5.73 Å². The monoisotopic (exact) mass is 201 g/mol. The number of carbonyl (C=O) groups excluding carboxylic acids is 1. The molecule has 0 aliphatic rings. The zero-order valence-corrected chi connectivity index (χ0v) is 8.03. The molecule has 2 aromatic rings. The lowest BCUT2D eigenvalue weighted by Gasteiger charge is -2.02. The van der Waals surface area contributed by atoms with Crippen LogP contribution in [0.1, 0.15) is 10.4 Å². The molecule has 0 atom stereocenters. The number of rotatable bonds is 2. The van der Waals surface area contributed by atoms with Gasteiger partial charge in [0.2, 0.25) is 0 Å². The molecule has 15 heavy (non-hydrogen) atoms. The highest BCUT2D eigenvalue weighted by atomic mass is 16.1. The lowest BCUT2D eigenvalue weighted by molar-refractivity contribution is 0.102. The maximum Gasteiger partial charge on any atom is 0.255 e. The summed E-state index contributed by atoms with van der Waals surface area (Å²) in [6.07, 6.45) is 3.46. The third-order valence-electron chi connectivity index (χ3n) is 2.00. The minimum Gasteiger partial charge on any atom is -0.399 e. The zero-order valence-electron chi connectivity index (χ0n) is 8.03. The molecule has 0 unspecified atom stereocenters. The number of aromatic nitrogens is 1. The molecule has 0 aliphatic carbocycles. The molecule has 1 aromatic heterocycles. The first kappa shape index (κ1) is 9.33. The van der Waals surface area contributed by atoms with E-state index in [0.29, 0.717) is 11.3 Å². The molecular weight excluding hydrogens is 190 g/mol. The van der Waals surface area contributed by atoms with E-state index in [1.54, 1.807) is 42.7 Å². The Balaban J connectivity index is 2.15. The Morgan fingerprint density at radius 1 is 1.33 bits per heavy atom. The van der Waals surface area contributed by atoms with Crippen molar-refractivity contribution in [3.63, 3.8) is 0 Å². The standard InChI is InChI=1S/C11H11N3O/c12-9-3-1-2-8(6-9)11(15)14-10-4-5-13-7-10/h1-7,13H,12H2,(H,14,15). The van der Waals surface area contributed by atoms with Crippen LogP contribution in [0.2, 0.25) is 0 Å². The number of amides is 1. The van der Waals surface area contributed by atoms with Gasteiger partial charge in [-0.1, -0.05) is 6.07 Å². The Kier molecular flexibility index (Phi) is 2.41. The van der Waals surface area contributed by atoms with Crippen LogP contribution in [0.3, 0.4) is 0 Å². The first-order chi connectivity index (χ1) is 7.25. The van der Waals surface area contributed by atoms with Gasteiger partial charge in [0.1, 0.15) is 0 Å². The molecule has 0 aliphatic heterocycles. The van der Waals surface area contributed by atoms with Crippen molar-refractivity contribution in [2.24, 2.45) is 0 Å². The number of H-pyrrole nitrogens is 1. The first-order valence-electron chi connectivity index (χ1n) is 4.55. The number of aromatic amines is 1. The van der Waals surface area contributed by atoms with E-state index in [-0.39, 0.29) is 5.91 Å². The van der Waals surface area contributed by atoms with Crippen molar-refractivity contribution in [3.8, 4) is 0 Å². The van der Waals surface area contributed by atoms with Crippen molar-refractivity contribution in [3.05, 3.63) is 48.3 Å². The number of anilines is 2. The molecule has 0 fully saturated rings. The number of benzene rings is 1. The molecule has 0 bridgehead atoms. The fourth-order valence-electron chi connectivity index (χ4n) is 1.28. The Hall–Kier alpha value is -2.23. The Labute approximate surface area is 87.1 Å². The average Bonchev–Trinajstić information content (AvgIpc) is 2.70. The van der Waals surface area contributed by atoms with Crippen LogP contribution in [0.25, 0.3) is 0 Å². The lowest BCUT2D eigenvalue weighted by Crippen LogP contribution is -2.11. The summed E-state index contributed by atoms with van der Waals surface area (Å²) >= 11 is 0. The van der Waals surface area contributed by atoms with E-state index in [2.05, 4.69) is 10.3 Å². The quantitative estimate of drug-likeness (QED) is 0.649. The van der Waals surface area contributed by atoms with Crippen molar-refractivity contribution >= 4 is 17.3 Å². The SMILES string of the molecule is Nc1cccc(C(=O)Nc2cc[nH]c2)c1. The molecule has 0 saturated carbocycles. The smallest absolute Gasteiger partial charge is 0.255 e. The maximum atomic E-state index is 11.7. The van der Waals surface area contributed by atoms with Crippen LogP contribution < -0.4 is 11.1 Å². The summed E-state index contributed by atoms with van der Waals surface area (Å²) in [5.41, 5.74) is 7.45. The van der Waals surface area contributed by atoms with Gasteiger partial charge in [0.15, 0.2) is 0 Å². The second-order valence-electron chi connectivity index (χ2n) is 3.18. The third-order valence-corrected chi connectivity index (χ3v) is 2.00. The van der Waals surface area contributed by atoms with Crippen LogP contribution in [0.15, 0.2) is 42.7 Å². The minimum atomic E-state index is -0.165. The summed E-state index contributed by atoms with van der Waals surface area (Å²) in [4.78, 5) is 14.5. The van der Waals surface area contributed by atoms with Gasteiger partial charge in [0, 0.05) is 23.6 Å². The fourth-order valence-corrected chi connectivity index (χ4v) is 1.28. The number of hydrogen-bond acceptors (Lipinski definition) is 2. The van der Waals surface area contributed by atoms with Gasteiger partial charge in [-0.15, -0.1) is 0 Å². The van der Waals surface area contributed by atoms with Gasteiger partial charge >= 0.3 is 0 Å². The highest BCUT2D eigenvalue weighted by Gasteiger charge is 2.05. The Morgan fingerprint density at radius 3 is 2.87 bits per heavy atom. The molecule has 0 saturated heterocycles. The molecule has 76 valence electrons. The number of hydrogen-bond donors (Lipinski definition) is 3.